The maximum absolute atomic E-state index is 11.9. The number of aryl methyl sites for hydroxylation is 1. The number of nitrogens with zero attached hydrogens (tertiary/aromatic N) is 4. The van der Waals surface area contributed by atoms with Gasteiger partial charge in [0.25, 0.3) is 0 Å². The van der Waals surface area contributed by atoms with Crippen LogP contribution in [0.4, 0.5) is 4.79 Å². The Kier molecular flexibility index (Phi) is 7.32. The fourth-order valence-electron chi connectivity index (χ4n) is 3.73. The lowest BCUT2D eigenvalue weighted by molar-refractivity contribution is 0.0963. The number of piperidine rings is 1. The first kappa shape index (κ1) is 21.7. The SMILES string of the molecule is CCOC(=O)N1CCC(NC(=NC)NCc2c(C)nn(-c3ccccc3)c2C)CC1. The normalized spacial score (nSPS) is 15.2. The number of carbonyl (C=O) groups excluding carboxylic acids is 1. The molecular weight excluding hydrogens is 380 g/mol. The van der Waals surface area contributed by atoms with Gasteiger partial charge in [0.15, 0.2) is 5.96 Å². The van der Waals surface area contributed by atoms with Crippen LogP contribution in [0.2, 0.25) is 0 Å². The fourth-order valence-corrected chi connectivity index (χ4v) is 3.73. The Labute approximate surface area is 178 Å². The number of hydrogen-bond donors (Lipinski definition) is 2. The molecule has 3 rings (SSSR count). The average Bonchev–Trinajstić information content (AvgIpc) is 3.05. The van der Waals surface area contributed by atoms with E-state index in [0.29, 0.717) is 26.2 Å². The van der Waals surface area contributed by atoms with Gasteiger partial charge in [-0.25, -0.2) is 9.48 Å². The van der Waals surface area contributed by atoms with E-state index in [1.54, 1.807) is 11.9 Å². The number of carbonyl (C=O) groups is 1. The summed E-state index contributed by atoms with van der Waals surface area (Å²) in [5, 5.41) is 11.6. The minimum absolute atomic E-state index is 0.222. The molecule has 1 saturated heterocycles. The zero-order chi connectivity index (χ0) is 21.5. The van der Waals surface area contributed by atoms with E-state index in [2.05, 4.69) is 34.7 Å². The molecule has 0 unspecified atom stereocenters. The van der Waals surface area contributed by atoms with Crippen LogP contribution in [0.15, 0.2) is 35.3 Å². The molecule has 1 aromatic carbocycles. The zero-order valence-corrected chi connectivity index (χ0v) is 18.3. The summed E-state index contributed by atoms with van der Waals surface area (Å²) in [4.78, 5) is 18.0. The first-order chi connectivity index (χ1) is 14.5. The smallest absolute Gasteiger partial charge is 0.409 e. The van der Waals surface area contributed by atoms with Crippen LogP contribution in [0.3, 0.4) is 0 Å². The number of ether oxygens (including phenoxy) is 1. The highest BCUT2D eigenvalue weighted by molar-refractivity contribution is 5.80. The Balaban J connectivity index is 1.56. The van der Waals surface area contributed by atoms with Crippen molar-refractivity contribution >= 4 is 12.1 Å². The highest BCUT2D eigenvalue weighted by atomic mass is 16.6. The second kappa shape index (κ2) is 10.1. The van der Waals surface area contributed by atoms with Crippen LogP contribution in [0.5, 0.6) is 0 Å². The number of aliphatic imine (C=N–C) groups is 1. The Morgan fingerprint density at radius 1 is 1.23 bits per heavy atom. The lowest BCUT2D eigenvalue weighted by Gasteiger charge is -2.32. The molecule has 2 heterocycles. The fraction of sp³-hybridized carbons (Fsp3) is 0.500. The molecule has 1 aromatic heterocycles. The standard InChI is InChI=1S/C22H32N6O2/c1-5-30-22(29)27-13-11-18(12-14-27)25-21(23-4)24-15-20-16(2)26-28(17(20)3)19-9-7-6-8-10-19/h6-10,18H,5,11-15H2,1-4H3,(H2,23,24,25). The third-order valence-electron chi connectivity index (χ3n) is 5.46. The number of guanidine groups is 1. The first-order valence-electron chi connectivity index (χ1n) is 10.5. The molecule has 1 aliphatic heterocycles. The van der Waals surface area contributed by atoms with Crippen molar-refractivity contribution < 1.29 is 9.53 Å². The minimum atomic E-state index is -0.222. The number of hydrogen-bond acceptors (Lipinski definition) is 4. The molecule has 0 saturated carbocycles. The van der Waals surface area contributed by atoms with E-state index >= 15 is 0 Å². The molecule has 0 bridgehead atoms. The van der Waals surface area contributed by atoms with E-state index in [0.717, 1.165) is 35.9 Å². The van der Waals surface area contributed by atoms with Gasteiger partial charge in [0, 0.05) is 44.0 Å². The molecule has 0 radical (unpaired) electrons. The summed E-state index contributed by atoms with van der Waals surface area (Å²) in [5.41, 5.74) is 4.34. The predicted molar refractivity (Wildman–Crippen MR) is 118 cm³/mol. The predicted octanol–water partition coefficient (Wildman–Crippen LogP) is 2.78. The van der Waals surface area contributed by atoms with Crippen LogP contribution in [-0.4, -0.2) is 59.5 Å². The van der Waals surface area contributed by atoms with Crippen LogP contribution in [0.1, 0.15) is 36.7 Å². The Morgan fingerprint density at radius 2 is 1.93 bits per heavy atom. The highest BCUT2D eigenvalue weighted by Crippen LogP contribution is 2.18. The van der Waals surface area contributed by atoms with Crippen molar-refractivity contribution in [2.45, 2.75) is 46.2 Å². The maximum Gasteiger partial charge on any atom is 0.409 e. The van der Waals surface area contributed by atoms with Crippen LogP contribution in [-0.2, 0) is 11.3 Å². The van der Waals surface area contributed by atoms with Gasteiger partial charge in [-0.1, -0.05) is 18.2 Å². The van der Waals surface area contributed by atoms with Gasteiger partial charge in [0.2, 0.25) is 0 Å². The average molecular weight is 413 g/mol. The number of rotatable bonds is 5. The quantitative estimate of drug-likeness (QED) is 0.583. The molecule has 30 heavy (non-hydrogen) atoms. The third-order valence-corrected chi connectivity index (χ3v) is 5.46. The molecule has 8 nitrogen and oxygen atoms in total. The number of benzene rings is 1. The monoisotopic (exact) mass is 412 g/mol. The Bertz CT molecular complexity index is 869. The van der Waals surface area contributed by atoms with Crippen molar-refractivity contribution in [1.29, 1.82) is 0 Å². The highest BCUT2D eigenvalue weighted by Gasteiger charge is 2.24. The van der Waals surface area contributed by atoms with Crippen molar-refractivity contribution in [1.82, 2.24) is 25.3 Å². The Hall–Kier alpha value is -3.03. The van der Waals surface area contributed by atoms with Crippen molar-refractivity contribution in [3.05, 3.63) is 47.3 Å². The van der Waals surface area contributed by atoms with Gasteiger partial charge in [-0.15, -0.1) is 0 Å². The minimum Gasteiger partial charge on any atom is -0.450 e. The lowest BCUT2D eigenvalue weighted by atomic mass is 10.1. The van der Waals surface area contributed by atoms with Gasteiger partial charge in [-0.3, -0.25) is 4.99 Å². The van der Waals surface area contributed by atoms with Gasteiger partial charge in [-0.2, -0.15) is 5.10 Å². The summed E-state index contributed by atoms with van der Waals surface area (Å²) in [6, 6.07) is 10.4. The summed E-state index contributed by atoms with van der Waals surface area (Å²) >= 11 is 0. The summed E-state index contributed by atoms with van der Waals surface area (Å²) in [6.45, 7) is 8.38. The van der Waals surface area contributed by atoms with E-state index in [4.69, 9.17) is 9.84 Å². The van der Waals surface area contributed by atoms with Crippen molar-refractivity contribution in [3.63, 3.8) is 0 Å². The largest absolute Gasteiger partial charge is 0.450 e. The number of aromatic nitrogens is 2. The second-order valence-electron chi connectivity index (χ2n) is 7.43. The summed E-state index contributed by atoms with van der Waals surface area (Å²) in [7, 11) is 1.77. The Morgan fingerprint density at radius 3 is 2.57 bits per heavy atom. The van der Waals surface area contributed by atoms with Crippen LogP contribution in [0, 0.1) is 13.8 Å². The molecular formula is C22H32N6O2. The van der Waals surface area contributed by atoms with Gasteiger partial charge in [0.05, 0.1) is 18.0 Å². The van der Waals surface area contributed by atoms with Crippen molar-refractivity contribution in [2.75, 3.05) is 26.7 Å². The van der Waals surface area contributed by atoms with Gasteiger partial charge < -0.3 is 20.3 Å². The summed E-state index contributed by atoms with van der Waals surface area (Å²) < 4.78 is 7.07. The van der Waals surface area contributed by atoms with E-state index in [9.17, 15) is 4.79 Å². The third kappa shape index (κ3) is 5.11. The molecule has 1 fully saturated rings. The van der Waals surface area contributed by atoms with Gasteiger partial charge in [-0.05, 0) is 45.7 Å². The molecule has 0 aliphatic carbocycles. The summed E-state index contributed by atoms with van der Waals surface area (Å²) in [6.07, 6.45) is 1.51. The van der Waals surface area contributed by atoms with Crippen LogP contribution in [0.25, 0.3) is 5.69 Å². The summed E-state index contributed by atoms with van der Waals surface area (Å²) in [5.74, 6) is 0.760. The molecule has 8 heteroatoms. The molecule has 1 aliphatic rings. The van der Waals surface area contributed by atoms with Gasteiger partial charge >= 0.3 is 6.09 Å². The van der Waals surface area contributed by atoms with E-state index in [1.807, 2.05) is 36.7 Å². The molecule has 0 atom stereocenters. The molecule has 1 amide bonds. The lowest BCUT2D eigenvalue weighted by Crippen LogP contribution is -2.49. The molecule has 162 valence electrons. The van der Waals surface area contributed by atoms with Crippen molar-refractivity contribution in [2.24, 2.45) is 4.99 Å². The van der Waals surface area contributed by atoms with E-state index in [-0.39, 0.29) is 12.1 Å². The topological polar surface area (TPSA) is 83.8 Å². The number of amides is 1. The number of para-hydroxylation sites is 1. The van der Waals surface area contributed by atoms with E-state index in [1.165, 1.54) is 5.56 Å². The second-order valence-corrected chi connectivity index (χ2v) is 7.43. The molecule has 2 N–H and O–H groups in total. The van der Waals surface area contributed by atoms with Crippen LogP contribution >= 0.6 is 0 Å². The molecule has 0 spiro atoms. The van der Waals surface area contributed by atoms with Crippen LogP contribution < -0.4 is 10.6 Å². The maximum atomic E-state index is 11.9. The first-order valence-corrected chi connectivity index (χ1v) is 10.5. The zero-order valence-electron chi connectivity index (χ0n) is 18.3. The number of nitrogens with one attached hydrogen (secondary N) is 2. The van der Waals surface area contributed by atoms with E-state index < -0.39 is 0 Å². The molecule has 2 aromatic rings. The van der Waals surface area contributed by atoms with Gasteiger partial charge in [0.1, 0.15) is 0 Å². The van der Waals surface area contributed by atoms with Crippen molar-refractivity contribution in [3.8, 4) is 5.69 Å². The number of likely N-dealkylation sites (tertiary alicyclic amines) is 1.